The van der Waals surface area contributed by atoms with E-state index in [-0.39, 0.29) is 23.1 Å². The van der Waals surface area contributed by atoms with E-state index >= 15 is 0 Å². The number of allylic oxidation sites excluding steroid dienone is 1. The Balaban J connectivity index is 1.91. The van der Waals surface area contributed by atoms with Crippen LogP contribution in [0, 0.1) is 11.3 Å². The number of Topliss-reactive ketones (excluding diaryl/α,β-unsaturated/α-hetero) is 1. The molecule has 0 aromatic heterocycles. The van der Waals surface area contributed by atoms with Crippen LogP contribution < -0.4 is 15.5 Å². The zero-order chi connectivity index (χ0) is 21.0. The highest BCUT2D eigenvalue weighted by Gasteiger charge is 2.61. The molecular weight excluding hydrogens is 376 g/mol. The molecule has 0 saturated heterocycles. The number of hydrogen-bond acceptors (Lipinski definition) is 5. The molecule has 1 aliphatic carbocycles. The maximum atomic E-state index is 13.8. The van der Waals surface area contributed by atoms with Crippen molar-refractivity contribution in [3.63, 3.8) is 0 Å². The highest BCUT2D eigenvalue weighted by atomic mass is 16.2. The van der Waals surface area contributed by atoms with E-state index in [9.17, 15) is 14.9 Å². The average molecular weight is 396 g/mol. The van der Waals surface area contributed by atoms with Crippen molar-refractivity contribution in [3.8, 4) is 6.07 Å². The standard InChI is InChI=1S/C24H20N4O2/c1-27-18-11-6-5-10-16(18)24(23(27)30)17(14-25)22(26)28(15-8-3-2-4-9-15)19-12-7-13-20(29)21(19)24/h2-6,8-11H,7,12-13,26H2,1H3/t24-/m1/s1. The SMILES string of the molecule is CN1C(=O)[C@@]2(C(C#N)=C(N)N(c3ccccc3)C3=C2C(=O)CCC3)c2ccccc21. The van der Waals surface area contributed by atoms with Crippen LogP contribution in [0.5, 0.6) is 0 Å². The van der Waals surface area contributed by atoms with E-state index in [1.54, 1.807) is 11.9 Å². The number of para-hydroxylation sites is 2. The molecule has 5 rings (SSSR count). The molecule has 0 fully saturated rings. The van der Waals surface area contributed by atoms with Crippen LogP contribution in [-0.4, -0.2) is 18.7 Å². The molecule has 0 saturated carbocycles. The number of hydrogen-bond donors (Lipinski definition) is 1. The van der Waals surface area contributed by atoms with E-state index in [1.165, 1.54) is 4.90 Å². The molecule has 2 N–H and O–H groups in total. The third-order valence-corrected chi connectivity index (χ3v) is 6.32. The van der Waals surface area contributed by atoms with Crippen LogP contribution in [0.15, 0.2) is 77.3 Å². The Kier molecular flexibility index (Phi) is 3.84. The van der Waals surface area contributed by atoms with Gasteiger partial charge in [0.05, 0.1) is 5.57 Å². The van der Waals surface area contributed by atoms with Crippen LogP contribution in [0.25, 0.3) is 0 Å². The maximum Gasteiger partial charge on any atom is 0.247 e. The molecule has 2 aromatic rings. The maximum absolute atomic E-state index is 13.8. The quantitative estimate of drug-likeness (QED) is 0.800. The fraction of sp³-hybridized carbons (Fsp3) is 0.208. The zero-order valence-corrected chi connectivity index (χ0v) is 16.6. The van der Waals surface area contributed by atoms with Gasteiger partial charge in [0.1, 0.15) is 17.3 Å². The van der Waals surface area contributed by atoms with Crippen molar-refractivity contribution in [1.29, 1.82) is 5.26 Å². The van der Waals surface area contributed by atoms with Crippen molar-refractivity contribution in [3.05, 3.63) is 82.8 Å². The Morgan fingerprint density at radius 3 is 2.47 bits per heavy atom. The molecule has 2 aliphatic heterocycles. The molecule has 0 radical (unpaired) electrons. The molecule has 6 nitrogen and oxygen atoms in total. The number of carbonyl (C=O) groups is 2. The highest BCUT2D eigenvalue weighted by molar-refractivity contribution is 6.20. The molecule has 1 atom stereocenters. The first-order valence-corrected chi connectivity index (χ1v) is 9.93. The third kappa shape index (κ3) is 2.07. The Morgan fingerprint density at radius 1 is 1.03 bits per heavy atom. The smallest absolute Gasteiger partial charge is 0.247 e. The predicted octanol–water partition coefficient (Wildman–Crippen LogP) is 3.12. The molecule has 0 bridgehead atoms. The van der Waals surface area contributed by atoms with Gasteiger partial charge >= 0.3 is 0 Å². The summed E-state index contributed by atoms with van der Waals surface area (Å²) in [6.07, 6.45) is 1.63. The number of rotatable bonds is 1. The van der Waals surface area contributed by atoms with Gasteiger partial charge in [-0.15, -0.1) is 0 Å². The van der Waals surface area contributed by atoms with E-state index in [4.69, 9.17) is 5.73 Å². The minimum Gasteiger partial charge on any atom is -0.384 e. The van der Waals surface area contributed by atoms with E-state index in [0.29, 0.717) is 41.8 Å². The van der Waals surface area contributed by atoms with Crippen molar-refractivity contribution < 1.29 is 9.59 Å². The lowest BCUT2D eigenvalue weighted by molar-refractivity contribution is -0.124. The molecule has 3 aliphatic rings. The number of nitriles is 1. The summed E-state index contributed by atoms with van der Waals surface area (Å²) in [7, 11) is 1.68. The first-order valence-electron chi connectivity index (χ1n) is 9.93. The van der Waals surface area contributed by atoms with Crippen molar-refractivity contribution in [2.45, 2.75) is 24.7 Å². The Hall–Kier alpha value is -3.85. The molecule has 1 amide bonds. The van der Waals surface area contributed by atoms with Crippen molar-refractivity contribution in [1.82, 2.24) is 0 Å². The van der Waals surface area contributed by atoms with Crippen LogP contribution in [0.4, 0.5) is 11.4 Å². The average Bonchev–Trinajstić information content (AvgIpc) is 2.98. The van der Waals surface area contributed by atoms with E-state index in [0.717, 1.165) is 5.69 Å². The van der Waals surface area contributed by atoms with Gasteiger partial charge in [0.25, 0.3) is 0 Å². The summed E-state index contributed by atoms with van der Waals surface area (Å²) in [4.78, 5) is 30.5. The summed E-state index contributed by atoms with van der Waals surface area (Å²) in [5.41, 5.74) is 8.45. The predicted molar refractivity (Wildman–Crippen MR) is 113 cm³/mol. The number of amides is 1. The van der Waals surface area contributed by atoms with Crippen molar-refractivity contribution in [2.24, 2.45) is 5.73 Å². The third-order valence-electron chi connectivity index (χ3n) is 6.32. The van der Waals surface area contributed by atoms with Gasteiger partial charge < -0.3 is 10.6 Å². The van der Waals surface area contributed by atoms with E-state index in [2.05, 4.69) is 6.07 Å². The molecule has 0 unspecified atom stereocenters. The Morgan fingerprint density at radius 2 is 1.73 bits per heavy atom. The number of carbonyl (C=O) groups excluding carboxylic acids is 2. The molecule has 2 heterocycles. The summed E-state index contributed by atoms with van der Waals surface area (Å²) in [5.74, 6) is -0.204. The first kappa shape index (κ1) is 18.2. The van der Waals surface area contributed by atoms with E-state index in [1.807, 2.05) is 54.6 Å². The number of anilines is 2. The molecule has 2 aromatic carbocycles. The largest absolute Gasteiger partial charge is 0.384 e. The van der Waals surface area contributed by atoms with Gasteiger partial charge in [-0.1, -0.05) is 36.4 Å². The summed E-state index contributed by atoms with van der Waals surface area (Å²) < 4.78 is 0. The summed E-state index contributed by atoms with van der Waals surface area (Å²) in [5, 5.41) is 10.2. The van der Waals surface area contributed by atoms with Crippen LogP contribution in [0.1, 0.15) is 24.8 Å². The Bertz CT molecular complexity index is 1210. The fourth-order valence-corrected chi connectivity index (χ4v) is 5.11. The Labute approximate surface area is 174 Å². The second-order valence-electron chi connectivity index (χ2n) is 7.77. The number of fused-ring (bicyclic) bond motifs is 3. The lowest BCUT2D eigenvalue weighted by Gasteiger charge is -2.43. The van der Waals surface area contributed by atoms with Gasteiger partial charge in [0.15, 0.2) is 5.78 Å². The molecule has 148 valence electrons. The topological polar surface area (TPSA) is 90.4 Å². The summed E-state index contributed by atoms with van der Waals surface area (Å²) >= 11 is 0. The van der Waals surface area contributed by atoms with Crippen LogP contribution >= 0.6 is 0 Å². The lowest BCUT2D eigenvalue weighted by Crippen LogP contribution is -2.52. The lowest BCUT2D eigenvalue weighted by atomic mass is 9.64. The number of ketones is 1. The number of benzene rings is 2. The van der Waals surface area contributed by atoms with E-state index < -0.39 is 5.41 Å². The van der Waals surface area contributed by atoms with Crippen LogP contribution in [0.3, 0.4) is 0 Å². The minimum atomic E-state index is -1.48. The van der Waals surface area contributed by atoms with Gasteiger partial charge in [-0.05, 0) is 31.0 Å². The van der Waals surface area contributed by atoms with Crippen LogP contribution in [-0.2, 0) is 15.0 Å². The van der Waals surface area contributed by atoms with Crippen molar-refractivity contribution >= 4 is 23.1 Å². The number of nitrogens with zero attached hydrogens (tertiary/aromatic N) is 3. The summed E-state index contributed by atoms with van der Waals surface area (Å²) in [6, 6.07) is 19.0. The van der Waals surface area contributed by atoms with Gasteiger partial charge in [-0.25, -0.2) is 0 Å². The molecule has 30 heavy (non-hydrogen) atoms. The highest BCUT2D eigenvalue weighted by Crippen LogP contribution is 2.56. The zero-order valence-electron chi connectivity index (χ0n) is 16.6. The molecular formula is C24H20N4O2. The fourth-order valence-electron chi connectivity index (χ4n) is 5.11. The van der Waals surface area contributed by atoms with Gasteiger partial charge in [0.2, 0.25) is 5.91 Å². The molecule has 1 spiro atoms. The first-order chi connectivity index (χ1) is 14.5. The van der Waals surface area contributed by atoms with Gasteiger partial charge in [0, 0.05) is 41.7 Å². The second-order valence-corrected chi connectivity index (χ2v) is 7.77. The number of likely N-dealkylation sites (N-methyl/N-ethyl adjacent to an activating group) is 1. The monoisotopic (exact) mass is 396 g/mol. The molecule has 6 heteroatoms. The summed E-state index contributed by atoms with van der Waals surface area (Å²) in [6.45, 7) is 0. The normalized spacial score (nSPS) is 23.1. The van der Waals surface area contributed by atoms with Crippen LogP contribution in [0.2, 0.25) is 0 Å². The van der Waals surface area contributed by atoms with Gasteiger partial charge in [-0.2, -0.15) is 5.26 Å². The minimum absolute atomic E-state index is 0.101. The van der Waals surface area contributed by atoms with Crippen molar-refractivity contribution in [2.75, 3.05) is 16.8 Å². The van der Waals surface area contributed by atoms with Gasteiger partial charge in [-0.3, -0.25) is 14.5 Å². The second kappa shape index (κ2) is 6.33. The number of nitrogens with two attached hydrogens (primary N) is 1.